The van der Waals surface area contributed by atoms with E-state index in [0.717, 1.165) is 5.56 Å². The lowest BCUT2D eigenvalue weighted by Crippen LogP contribution is -2.11. The lowest BCUT2D eigenvalue weighted by Gasteiger charge is -2.04. The zero-order valence-electron chi connectivity index (χ0n) is 14.4. The van der Waals surface area contributed by atoms with E-state index in [0.29, 0.717) is 34.0 Å². The Labute approximate surface area is 154 Å². The minimum absolute atomic E-state index is 0.334. The van der Waals surface area contributed by atoms with E-state index in [2.05, 4.69) is 10.3 Å². The number of ether oxygens (including phenoxy) is 1. The summed E-state index contributed by atoms with van der Waals surface area (Å²) < 4.78 is 24.2. The Bertz CT molecular complexity index is 1120. The van der Waals surface area contributed by atoms with Crippen molar-refractivity contribution in [1.82, 2.24) is 4.98 Å². The van der Waals surface area contributed by atoms with Crippen molar-refractivity contribution in [1.29, 1.82) is 0 Å². The average Bonchev–Trinajstić information content (AvgIpc) is 3.11. The third-order valence-electron chi connectivity index (χ3n) is 4.09. The van der Waals surface area contributed by atoms with Crippen molar-refractivity contribution in [3.8, 4) is 17.2 Å². The third kappa shape index (κ3) is 3.37. The van der Waals surface area contributed by atoms with Gasteiger partial charge in [-0.15, -0.1) is 0 Å². The maximum absolute atomic E-state index is 13.0. The van der Waals surface area contributed by atoms with Crippen molar-refractivity contribution in [3.63, 3.8) is 0 Å². The van der Waals surface area contributed by atoms with Crippen LogP contribution in [0.2, 0.25) is 0 Å². The van der Waals surface area contributed by atoms with Crippen molar-refractivity contribution in [3.05, 3.63) is 78.1 Å². The second-order valence-corrected chi connectivity index (χ2v) is 5.86. The van der Waals surface area contributed by atoms with Crippen LogP contribution in [0, 0.1) is 5.82 Å². The van der Waals surface area contributed by atoms with Gasteiger partial charge in [-0.3, -0.25) is 4.79 Å². The Hall–Kier alpha value is -3.67. The summed E-state index contributed by atoms with van der Waals surface area (Å²) in [4.78, 5) is 16.8. The fourth-order valence-electron chi connectivity index (χ4n) is 2.74. The lowest BCUT2D eigenvalue weighted by atomic mass is 10.2. The molecule has 0 atom stereocenters. The van der Waals surface area contributed by atoms with Crippen molar-refractivity contribution in [2.24, 2.45) is 0 Å². The van der Waals surface area contributed by atoms with Crippen LogP contribution < -0.4 is 10.1 Å². The Balaban J connectivity index is 1.63. The molecule has 1 N–H and O–H groups in total. The molecule has 1 heterocycles. The molecule has 4 aromatic rings. The van der Waals surface area contributed by atoms with Crippen molar-refractivity contribution >= 4 is 22.7 Å². The molecular weight excluding hydrogens is 347 g/mol. The van der Waals surface area contributed by atoms with E-state index in [1.165, 1.54) is 24.3 Å². The van der Waals surface area contributed by atoms with Gasteiger partial charge in [0.05, 0.1) is 12.7 Å². The van der Waals surface area contributed by atoms with Gasteiger partial charge in [-0.2, -0.15) is 0 Å². The van der Waals surface area contributed by atoms with Gasteiger partial charge in [0, 0.05) is 17.3 Å². The molecule has 1 aromatic heterocycles. The summed E-state index contributed by atoms with van der Waals surface area (Å²) >= 11 is 0. The molecule has 6 heteroatoms. The first-order chi connectivity index (χ1) is 13.1. The number of hydrogen-bond acceptors (Lipinski definition) is 4. The number of aromatic nitrogens is 1. The quantitative estimate of drug-likeness (QED) is 0.561. The molecule has 27 heavy (non-hydrogen) atoms. The van der Waals surface area contributed by atoms with Gasteiger partial charge in [-0.1, -0.05) is 12.1 Å². The van der Waals surface area contributed by atoms with E-state index in [-0.39, 0.29) is 5.91 Å². The summed E-state index contributed by atoms with van der Waals surface area (Å²) in [5.41, 5.74) is 2.86. The van der Waals surface area contributed by atoms with Gasteiger partial charge in [0.2, 0.25) is 5.89 Å². The largest absolute Gasteiger partial charge is 0.496 e. The van der Waals surface area contributed by atoms with E-state index >= 15 is 0 Å². The maximum atomic E-state index is 13.0. The molecular formula is C21H15FN2O3. The molecule has 0 saturated carbocycles. The van der Waals surface area contributed by atoms with Crippen molar-refractivity contribution in [2.75, 3.05) is 12.4 Å². The van der Waals surface area contributed by atoms with Crippen LogP contribution >= 0.6 is 0 Å². The topological polar surface area (TPSA) is 64.4 Å². The van der Waals surface area contributed by atoms with E-state index in [9.17, 15) is 9.18 Å². The molecule has 0 aliphatic heterocycles. The normalized spacial score (nSPS) is 10.7. The molecule has 0 fully saturated rings. The number of rotatable bonds is 4. The second-order valence-electron chi connectivity index (χ2n) is 5.86. The Morgan fingerprint density at radius 1 is 1.07 bits per heavy atom. The van der Waals surface area contributed by atoms with E-state index in [1.807, 2.05) is 24.3 Å². The smallest absolute Gasteiger partial charge is 0.255 e. The van der Waals surface area contributed by atoms with Crippen LogP contribution in [0.5, 0.6) is 5.75 Å². The van der Waals surface area contributed by atoms with Crippen LogP contribution in [0.1, 0.15) is 10.4 Å². The summed E-state index contributed by atoms with van der Waals surface area (Å²) in [5, 5.41) is 2.77. The standard InChI is InChI=1S/C21H15FN2O3/c1-26-18-5-3-2-4-16(18)21-24-17-11-10-15(12-19(17)27-21)23-20(25)13-6-8-14(22)9-7-13/h2-12H,1H3,(H,23,25). The van der Waals surface area contributed by atoms with Gasteiger partial charge in [-0.25, -0.2) is 9.37 Å². The first-order valence-corrected chi connectivity index (χ1v) is 8.25. The van der Waals surface area contributed by atoms with Crippen LogP contribution in [-0.4, -0.2) is 18.0 Å². The number of fused-ring (bicyclic) bond motifs is 1. The van der Waals surface area contributed by atoms with Crippen molar-refractivity contribution in [2.45, 2.75) is 0 Å². The number of benzene rings is 3. The van der Waals surface area contributed by atoms with E-state index < -0.39 is 5.82 Å². The average molecular weight is 362 g/mol. The minimum atomic E-state index is -0.390. The molecule has 3 aromatic carbocycles. The zero-order valence-corrected chi connectivity index (χ0v) is 14.4. The highest BCUT2D eigenvalue weighted by Gasteiger charge is 2.14. The summed E-state index contributed by atoms with van der Waals surface area (Å²) in [5.74, 6) is 0.371. The monoisotopic (exact) mass is 362 g/mol. The zero-order chi connectivity index (χ0) is 18.8. The molecule has 0 saturated heterocycles. The number of carbonyl (C=O) groups is 1. The van der Waals surface area contributed by atoms with Gasteiger partial charge < -0.3 is 14.5 Å². The highest BCUT2D eigenvalue weighted by molar-refractivity contribution is 6.04. The van der Waals surface area contributed by atoms with Gasteiger partial charge in [0.25, 0.3) is 5.91 Å². The predicted molar refractivity (Wildman–Crippen MR) is 100 cm³/mol. The fraction of sp³-hybridized carbons (Fsp3) is 0.0476. The number of halogens is 1. The number of methoxy groups -OCH3 is 1. The Morgan fingerprint density at radius 2 is 1.85 bits per heavy atom. The van der Waals surface area contributed by atoms with Gasteiger partial charge in [0.1, 0.15) is 17.1 Å². The molecule has 0 aliphatic rings. The summed E-state index contributed by atoms with van der Waals surface area (Å²) in [6.07, 6.45) is 0. The lowest BCUT2D eigenvalue weighted by molar-refractivity contribution is 0.102. The molecule has 0 unspecified atom stereocenters. The van der Waals surface area contributed by atoms with Gasteiger partial charge in [-0.05, 0) is 48.5 Å². The number of amides is 1. The molecule has 0 bridgehead atoms. The number of para-hydroxylation sites is 1. The molecule has 0 aliphatic carbocycles. The van der Waals surface area contributed by atoms with Crippen LogP contribution in [-0.2, 0) is 0 Å². The highest BCUT2D eigenvalue weighted by atomic mass is 19.1. The molecule has 134 valence electrons. The van der Waals surface area contributed by atoms with Crippen LogP contribution in [0.25, 0.3) is 22.6 Å². The number of oxazole rings is 1. The molecule has 0 spiro atoms. The first-order valence-electron chi connectivity index (χ1n) is 8.25. The number of nitrogens with one attached hydrogen (secondary N) is 1. The van der Waals surface area contributed by atoms with Gasteiger partial charge >= 0.3 is 0 Å². The number of carbonyl (C=O) groups excluding carboxylic acids is 1. The number of nitrogens with zero attached hydrogens (tertiary/aromatic N) is 1. The minimum Gasteiger partial charge on any atom is -0.496 e. The highest BCUT2D eigenvalue weighted by Crippen LogP contribution is 2.32. The molecule has 1 amide bonds. The number of hydrogen-bond donors (Lipinski definition) is 1. The van der Waals surface area contributed by atoms with Crippen LogP contribution in [0.15, 0.2) is 71.1 Å². The maximum Gasteiger partial charge on any atom is 0.255 e. The number of anilines is 1. The summed E-state index contributed by atoms with van der Waals surface area (Å²) in [6.45, 7) is 0. The molecule has 0 radical (unpaired) electrons. The fourth-order valence-corrected chi connectivity index (χ4v) is 2.74. The van der Waals surface area contributed by atoms with Crippen LogP contribution in [0.4, 0.5) is 10.1 Å². The third-order valence-corrected chi connectivity index (χ3v) is 4.09. The van der Waals surface area contributed by atoms with E-state index in [4.69, 9.17) is 9.15 Å². The van der Waals surface area contributed by atoms with E-state index in [1.54, 1.807) is 25.3 Å². The first kappa shape index (κ1) is 16.8. The Morgan fingerprint density at radius 3 is 2.63 bits per heavy atom. The SMILES string of the molecule is COc1ccccc1-c1nc2ccc(NC(=O)c3ccc(F)cc3)cc2o1. The summed E-state index contributed by atoms with van der Waals surface area (Å²) in [7, 11) is 1.59. The predicted octanol–water partition coefficient (Wildman–Crippen LogP) is 4.89. The Kier molecular flexibility index (Phi) is 4.30. The molecule has 4 rings (SSSR count). The second kappa shape index (κ2) is 6.92. The van der Waals surface area contributed by atoms with Crippen LogP contribution in [0.3, 0.4) is 0 Å². The molecule has 5 nitrogen and oxygen atoms in total. The van der Waals surface area contributed by atoms with Gasteiger partial charge in [0.15, 0.2) is 5.58 Å². The summed E-state index contributed by atoms with van der Waals surface area (Å²) in [6, 6.07) is 18.0. The van der Waals surface area contributed by atoms with Crippen molar-refractivity contribution < 1.29 is 18.3 Å².